The fraction of sp³-hybridized carbons (Fsp3) is 0.438. The van der Waals surface area contributed by atoms with Gasteiger partial charge in [-0.2, -0.15) is 10.4 Å². The Morgan fingerprint density at radius 2 is 1.65 bits per heavy atom. The van der Waals surface area contributed by atoms with Gasteiger partial charge in [-0.25, -0.2) is 14.4 Å². The lowest BCUT2D eigenvalue weighted by atomic mass is 10.1. The monoisotopic (exact) mass is 381 g/mol. The zero-order valence-electron chi connectivity index (χ0n) is 14.9. The quantitative estimate of drug-likeness (QED) is 0.314. The maximum Gasteiger partial charge on any atom is 0.369 e. The Bertz CT molecular complexity index is 763. The molecule has 0 unspecified atom stereocenters. The number of carbonyl (C=O) groups excluding carboxylic acids is 3. The number of hydrogen-bond acceptors (Lipinski definition) is 10. The maximum absolute atomic E-state index is 12.2. The van der Waals surface area contributed by atoms with E-state index >= 15 is 0 Å². The van der Waals surface area contributed by atoms with Gasteiger partial charge in [0.25, 0.3) is 0 Å². The summed E-state index contributed by atoms with van der Waals surface area (Å²) >= 11 is 0.911. The number of ether oxygens (including phenoxy) is 3. The molecule has 26 heavy (non-hydrogen) atoms. The number of carbonyl (C=O) groups is 3. The molecular formula is C16H19N3O6S. The Morgan fingerprint density at radius 3 is 2.19 bits per heavy atom. The second-order valence-corrected chi connectivity index (χ2v) is 5.63. The minimum absolute atomic E-state index is 0.0821. The van der Waals surface area contributed by atoms with Gasteiger partial charge >= 0.3 is 17.9 Å². The van der Waals surface area contributed by atoms with Crippen LogP contribution in [0.1, 0.15) is 46.4 Å². The zero-order chi connectivity index (χ0) is 19.7. The summed E-state index contributed by atoms with van der Waals surface area (Å²) in [5.41, 5.74) is 2.40. The third-order valence-corrected chi connectivity index (χ3v) is 4.11. The number of thiophene rings is 1. The molecule has 1 heterocycles. The van der Waals surface area contributed by atoms with Gasteiger partial charge in [-0.15, -0.1) is 11.3 Å². The number of rotatable bonds is 8. The van der Waals surface area contributed by atoms with Crippen LogP contribution >= 0.6 is 11.3 Å². The smallest absolute Gasteiger partial charge is 0.369 e. The highest BCUT2D eigenvalue weighted by molar-refractivity contribution is 7.18. The molecule has 0 fully saturated rings. The minimum atomic E-state index is -0.904. The molecule has 0 bridgehead atoms. The van der Waals surface area contributed by atoms with Gasteiger partial charge in [0.1, 0.15) is 15.9 Å². The Kier molecular flexibility index (Phi) is 8.24. The summed E-state index contributed by atoms with van der Waals surface area (Å²) in [6.07, 6.45) is 0. The molecule has 0 aliphatic heterocycles. The van der Waals surface area contributed by atoms with Crippen LogP contribution in [-0.4, -0.2) is 43.4 Å². The summed E-state index contributed by atoms with van der Waals surface area (Å²) in [4.78, 5) is 36.1. The van der Waals surface area contributed by atoms with Crippen molar-refractivity contribution >= 4 is 40.0 Å². The molecule has 0 spiro atoms. The van der Waals surface area contributed by atoms with E-state index < -0.39 is 23.6 Å². The molecule has 0 aromatic carbocycles. The number of hydrogen-bond donors (Lipinski definition) is 1. The molecule has 0 saturated carbocycles. The van der Waals surface area contributed by atoms with Crippen molar-refractivity contribution in [1.82, 2.24) is 0 Å². The molecular weight excluding hydrogens is 362 g/mol. The van der Waals surface area contributed by atoms with Crippen LogP contribution in [-0.2, 0) is 19.0 Å². The molecule has 9 nitrogen and oxygen atoms in total. The van der Waals surface area contributed by atoms with E-state index in [9.17, 15) is 14.4 Å². The van der Waals surface area contributed by atoms with Gasteiger partial charge in [0.2, 0.25) is 5.71 Å². The van der Waals surface area contributed by atoms with Crippen LogP contribution in [0.5, 0.6) is 0 Å². The molecule has 0 atom stereocenters. The average Bonchev–Trinajstić information content (AvgIpc) is 2.92. The summed E-state index contributed by atoms with van der Waals surface area (Å²) in [5.74, 6) is -2.16. The summed E-state index contributed by atoms with van der Waals surface area (Å²) in [6, 6.07) is 1.61. The Hall–Kier alpha value is -2.93. The van der Waals surface area contributed by atoms with Crippen molar-refractivity contribution in [1.29, 1.82) is 5.26 Å². The highest BCUT2D eigenvalue weighted by Crippen LogP contribution is 2.34. The van der Waals surface area contributed by atoms with Crippen molar-refractivity contribution in [3.63, 3.8) is 0 Å². The molecule has 0 radical (unpaired) electrons. The fourth-order valence-electron chi connectivity index (χ4n) is 1.86. The van der Waals surface area contributed by atoms with Crippen LogP contribution in [0.15, 0.2) is 5.10 Å². The van der Waals surface area contributed by atoms with Crippen LogP contribution in [0.2, 0.25) is 0 Å². The third kappa shape index (κ3) is 5.03. The standard InChI is InChI=1S/C16H19N3O6S/c1-5-23-14(20)10(8-17)18-19-13-11(15(21)24-6-2)9(4)12(26-13)16(22)25-7-3/h19H,5-7H2,1-4H3/b18-10-. The third-order valence-electron chi connectivity index (χ3n) is 2.93. The highest BCUT2D eigenvalue weighted by atomic mass is 32.1. The van der Waals surface area contributed by atoms with Crippen LogP contribution in [0.3, 0.4) is 0 Å². The van der Waals surface area contributed by atoms with Crippen molar-refractivity contribution < 1.29 is 28.6 Å². The highest BCUT2D eigenvalue weighted by Gasteiger charge is 2.26. The number of anilines is 1. The minimum Gasteiger partial charge on any atom is -0.462 e. The van der Waals surface area contributed by atoms with E-state index in [-0.39, 0.29) is 35.3 Å². The normalized spacial score (nSPS) is 10.7. The van der Waals surface area contributed by atoms with Crippen LogP contribution < -0.4 is 5.43 Å². The second-order valence-electron chi connectivity index (χ2n) is 4.61. The first-order chi connectivity index (χ1) is 12.4. The topological polar surface area (TPSA) is 127 Å². The molecule has 1 N–H and O–H groups in total. The van der Waals surface area contributed by atoms with Crippen molar-refractivity contribution in [3.8, 4) is 6.07 Å². The van der Waals surface area contributed by atoms with Gasteiger partial charge in [0.15, 0.2) is 0 Å². The fourth-order valence-corrected chi connectivity index (χ4v) is 2.89. The first-order valence-corrected chi connectivity index (χ1v) is 8.61. The van der Waals surface area contributed by atoms with Gasteiger partial charge < -0.3 is 14.2 Å². The molecule has 0 saturated heterocycles. The summed E-state index contributed by atoms with van der Waals surface area (Å²) in [6.45, 7) is 6.86. The predicted octanol–water partition coefficient (Wildman–Crippen LogP) is 2.26. The molecule has 1 aromatic heterocycles. The van der Waals surface area contributed by atoms with E-state index in [2.05, 4.69) is 10.5 Å². The Labute approximate surface area is 154 Å². The van der Waals surface area contributed by atoms with Crippen molar-refractivity contribution in [2.24, 2.45) is 5.10 Å². The Balaban J connectivity index is 3.29. The maximum atomic E-state index is 12.2. The van der Waals surface area contributed by atoms with E-state index in [0.717, 1.165) is 11.3 Å². The number of hydrazone groups is 1. The van der Waals surface area contributed by atoms with Crippen LogP contribution in [0, 0.1) is 18.3 Å². The zero-order valence-corrected chi connectivity index (χ0v) is 15.7. The number of nitrogens with zero attached hydrogens (tertiary/aromatic N) is 2. The SMILES string of the molecule is CCOC(=O)/C(C#N)=N\Nc1sc(C(=O)OCC)c(C)c1C(=O)OCC. The molecule has 0 aliphatic carbocycles. The lowest BCUT2D eigenvalue weighted by Gasteiger charge is -2.05. The first kappa shape index (κ1) is 21.1. The first-order valence-electron chi connectivity index (χ1n) is 7.79. The van der Waals surface area contributed by atoms with Crippen molar-refractivity contribution in [2.75, 3.05) is 25.2 Å². The summed E-state index contributed by atoms with van der Waals surface area (Å²) < 4.78 is 14.7. The Morgan fingerprint density at radius 1 is 1.08 bits per heavy atom. The number of nitriles is 1. The summed E-state index contributed by atoms with van der Waals surface area (Å²) in [5, 5.41) is 12.8. The molecule has 140 valence electrons. The van der Waals surface area contributed by atoms with Gasteiger partial charge in [-0.1, -0.05) is 0 Å². The predicted molar refractivity (Wildman–Crippen MR) is 94.3 cm³/mol. The van der Waals surface area contributed by atoms with E-state index in [0.29, 0.717) is 5.56 Å². The number of nitrogens with one attached hydrogen (secondary N) is 1. The average molecular weight is 381 g/mol. The summed E-state index contributed by atoms with van der Waals surface area (Å²) in [7, 11) is 0. The number of esters is 3. The molecule has 0 aliphatic rings. The van der Waals surface area contributed by atoms with E-state index in [1.807, 2.05) is 0 Å². The molecule has 10 heteroatoms. The van der Waals surface area contributed by atoms with E-state index in [1.54, 1.807) is 33.8 Å². The van der Waals surface area contributed by atoms with Crippen LogP contribution in [0.25, 0.3) is 0 Å². The molecule has 0 amide bonds. The van der Waals surface area contributed by atoms with Gasteiger partial charge in [0, 0.05) is 0 Å². The largest absolute Gasteiger partial charge is 0.462 e. The van der Waals surface area contributed by atoms with Crippen molar-refractivity contribution in [2.45, 2.75) is 27.7 Å². The van der Waals surface area contributed by atoms with Gasteiger partial charge in [0.05, 0.1) is 25.4 Å². The van der Waals surface area contributed by atoms with Gasteiger partial charge in [-0.05, 0) is 33.3 Å². The van der Waals surface area contributed by atoms with E-state index in [1.165, 1.54) is 0 Å². The lowest BCUT2D eigenvalue weighted by Crippen LogP contribution is -2.17. The lowest BCUT2D eigenvalue weighted by molar-refractivity contribution is -0.134. The second kappa shape index (κ2) is 10.1. The van der Waals surface area contributed by atoms with Crippen LogP contribution in [0.4, 0.5) is 5.00 Å². The molecule has 1 rings (SSSR count). The van der Waals surface area contributed by atoms with Crippen molar-refractivity contribution in [3.05, 3.63) is 16.0 Å². The van der Waals surface area contributed by atoms with E-state index in [4.69, 9.17) is 19.5 Å². The molecule has 1 aromatic rings. The van der Waals surface area contributed by atoms with Gasteiger partial charge in [-0.3, -0.25) is 5.43 Å².